The SMILES string of the molecule is Cc1ccc(NC(=O)C(C)S(C)(=O)=O)cc1C. The molecule has 0 aliphatic carbocycles. The Morgan fingerprint density at radius 3 is 2.29 bits per heavy atom. The number of benzene rings is 1. The number of anilines is 1. The van der Waals surface area contributed by atoms with E-state index in [1.54, 1.807) is 6.07 Å². The van der Waals surface area contributed by atoms with Crippen LogP contribution in [-0.2, 0) is 14.6 Å². The van der Waals surface area contributed by atoms with Crippen molar-refractivity contribution in [2.45, 2.75) is 26.0 Å². The van der Waals surface area contributed by atoms with Crippen molar-refractivity contribution in [3.05, 3.63) is 29.3 Å². The fourth-order valence-corrected chi connectivity index (χ4v) is 1.71. The molecule has 0 aliphatic heterocycles. The lowest BCUT2D eigenvalue weighted by Gasteiger charge is -2.11. The third kappa shape index (κ3) is 3.56. The van der Waals surface area contributed by atoms with E-state index in [0.717, 1.165) is 17.4 Å². The normalized spacial score (nSPS) is 13.2. The summed E-state index contributed by atoms with van der Waals surface area (Å²) in [5.74, 6) is -0.504. The van der Waals surface area contributed by atoms with Gasteiger partial charge in [0.2, 0.25) is 5.91 Å². The summed E-state index contributed by atoms with van der Waals surface area (Å²) in [7, 11) is -3.35. The van der Waals surface area contributed by atoms with Crippen molar-refractivity contribution >= 4 is 21.4 Å². The van der Waals surface area contributed by atoms with Crippen molar-refractivity contribution in [1.82, 2.24) is 0 Å². The fourth-order valence-electron chi connectivity index (χ4n) is 1.26. The van der Waals surface area contributed by atoms with Crippen molar-refractivity contribution in [3.63, 3.8) is 0 Å². The van der Waals surface area contributed by atoms with Gasteiger partial charge in [0, 0.05) is 11.9 Å². The molecule has 1 atom stereocenters. The van der Waals surface area contributed by atoms with E-state index in [1.165, 1.54) is 6.92 Å². The summed E-state index contributed by atoms with van der Waals surface area (Å²) in [5.41, 5.74) is 2.79. The molecule has 1 aromatic rings. The Kier molecular flexibility index (Phi) is 3.93. The Morgan fingerprint density at radius 2 is 1.82 bits per heavy atom. The van der Waals surface area contributed by atoms with E-state index >= 15 is 0 Å². The van der Waals surface area contributed by atoms with Crippen molar-refractivity contribution in [2.75, 3.05) is 11.6 Å². The van der Waals surface area contributed by atoms with Crippen molar-refractivity contribution in [3.8, 4) is 0 Å². The van der Waals surface area contributed by atoms with Crippen LogP contribution in [0.3, 0.4) is 0 Å². The van der Waals surface area contributed by atoms with Gasteiger partial charge in [-0.1, -0.05) is 6.07 Å². The number of carbonyl (C=O) groups is 1. The second-order valence-corrected chi connectivity index (χ2v) is 6.63. The van der Waals surface area contributed by atoms with Crippen LogP contribution in [0, 0.1) is 13.8 Å². The number of sulfone groups is 1. The highest BCUT2D eigenvalue weighted by Gasteiger charge is 2.23. The quantitative estimate of drug-likeness (QED) is 0.893. The highest BCUT2D eigenvalue weighted by Crippen LogP contribution is 2.15. The smallest absolute Gasteiger partial charge is 0.242 e. The van der Waals surface area contributed by atoms with E-state index in [1.807, 2.05) is 26.0 Å². The van der Waals surface area contributed by atoms with Gasteiger partial charge in [-0.3, -0.25) is 4.79 Å². The van der Waals surface area contributed by atoms with E-state index < -0.39 is 21.0 Å². The molecule has 4 nitrogen and oxygen atoms in total. The summed E-state index contributed by atoms with van der Waals surface area (Å²) in [6.07, 6.45) is 1.05. The van der Waals surface area contributed by atoms with Gasteiger partial charge in [0.05, 0.1) is 0 Å². The molecule has 1 unspecified atom stereocenters. The van der Waals surface area contributed by atoms with Gasteiger partial charge in [0.25, 0.3) is 0 Å². The maximum absolute atomic E-state index is 11.7. The molecule has 0 heterocycles. The lowest BCUT2D eigenvalue weighted by atomic mass is 10.1. The molecule has 0 fully saturated rings. The lowest BCUT2D eigenvalue weighted by molar-refractivity contribution is -0.115. The van der Waals surface area contributed by atoms with E-state index in [2.05, 4.69) is 5.32 Å². The van der Waals surface area contributed by atoms with E-state index in [4.69, 9.17) is 0 Å². The highest BCUT2D eigenvalue weighted by atomic mass is 32.2. The number of amides is 1. The predicted molar refractivity (Wildman–Crippen MR) is 68.9 cm³/mol. The standard InChI is InChI=1S/C12H17NO3S/c1-8-5-6-11(7-9(8)2)13-12(14)10(3)17(4,15)16/h5-7,10H,1-4H3,(H,13,14). The molecular formula is C12H17NO3S. The van der Waals surface area contributed by atoms with Gasteiger partial charge in [0.15, 0.2) is 9.84 Å². The molecule has 0 radical (unpaired) electrons. The minimum absolute atomic E-state index is 0.504. The summed E-state index contributed by atoms with van der Waals surface area (Å²) in [4.78, 5) is 11.7. The molecule has 1 amide bonds. The molecule has 0 saturated heterocycles. The summed E-state index contributed by atoms with van der Waals surface area (Å²) in [6, 6.07) is 5.47. The summed E-state index contributed by atoms with van der Waals surface area (Å²) < 4.78 is 22.4. The molecule has 0 aliphatic rings. The average molecular weight is 255 g/mol. The van der Waals surface area contributed by atoms with Gasteiger partial charge < -0.3 is 5.32 Å². The maximum atomic E-state index is 11.7. The van der Waals surface area contributed by atoms with Gasteiger partial charge in [-0.05, 0) is 44.0 Å². The third-order valence-corrected chi connectivity index (χ3v) is 4.28. The first-order valence-electron chi connectivity index (χ1n) is 5.29. The van der Waals surface area contributed by atoms with Crippen LogP contribution in [0.2, 0.25) is 0 Å². The van der Waals surface area contributed by atoms with Crippen LogP contribution in [0.15, 0.2) is 18.2 Å². The van der Waals surface area contributed by atoms with Gasteiger partial charge in [-0.25, -0.2) is 8.42 Å². The predicted octanol–water partition coefficient (Wildman–Crippen LogP) is 1.68. The van der Waals surface area contributed by atoms with E-state index in [-0.39, 0.29) is 0 Å². The average Bonchev–Trinajstić information content (AvgIpc) is 2.21. The Balaban J connectivity index is 2.85. The number of nitrogens with one attached hydrogen (secondary N) is 1. The van der Waals surface area contributed by atoms with E-state index in [9.17, 15) is 13.2 Å². The van der Waals surface area contributed by atoms with Crippen LogP contribution in [0.25, 0.3) is 0 Å². The molecule has 0 saturated carbocycles. The lowest BCUT2D eigenvalue weighted by Crippen LogP contribution is -2.31. The Hall–Kier alpha value is -1.36. The van der Waals surface area contributed by atoms with E-state index in [0.29, 0.717) is 5.69 Å². The van der Waals surface area contributed by atoms with Gasteiger partial charge in [-0.15, -0.1) is 0 Å². The molecule has 1 N–H and O–H groups in total. The first kappa shape index (κ1) is 13.7. The second-order valence-electron chi connectivity index (χ2n) is 4.26. The zero-order chi connectivity index (χ0) is 13.2. The maximum Gasteiger partial charge on any atom is 0.242 e. The number of hydrogen-bond donors (Lipinski definition) is 1. The molecule has 1 rings (SSSR count). The van der Waals surface area contributed by atoms with Crippen molar-refractivity contribution < 1.29 is 13.2 Å². The van der Waals surface area contributed by atoms with Crippen LogP contribution in [0.1, 0.15) is 18.1 Å². The monoisotopic (exact) mass is 255 g/mol. The number of carbonyl (C=O) groups excluding carboxylic acids is 1. The zero-order valence-corrected chi connectivity index (χ0v) is 11.3. The molecular weight excluding hydrogens is 238 g/mol. The first-order valence-corrected chi connectivity index (χ1v) is 7.24. The van der Waals surface area contributed by atoms with Gasteiger partial charge in [-0.2, -0.15) is 0 Å². The topological polar surface area (TPSA) is 63.2 Å². The molecule has 5 heteroatoms. The largest absolute Gasteiger partial charge is 0.325 e. The number of aryl methyl sites for hydroxylation is 2. The van der Waals surface area contributed by atoms with Gasteiger partial charge in [0.1, 0.15) is 5.25 Å². The minimum atomic E-state index is -3.35. The zero-order valence-electron chi connectivity index (χ0n) is 10.4. The first-order chi connectivity index (χ1) is 7.71. The summed E-state index contributed by atoms with van der Waals surface area (Å²) in [6.45, 7) is 5.29. The van der Waals surface area contributed by atoms with Crippen LogP contribution < -0.4 is 5.32 Å². The minimum Gasteiger partial charge on any atom is -0.325 e. The molecule has 0 spiro atoms. The van der Waals surface area contributed by atoms with Crippen molar-refractivity contribution in [2.24, 2.45) is 0 Å². The molecule has 17 heavy (non-hydrogen) atoms. The van der Waals surface area contributed by atoms with Crippen LogP contribution in [0.5, 0.6) is 0 Å². The Morgan fingerprint density at radius 1 is 1.24 bits per heavy atom. The van der Waals surface area contributed by atoms with Crippen LogP contribution in [-0.4, -0.2) is 25.8 Å². The summed E-state index contributed by atoms with van der Waals surface area (Å²) in [5, 5.41) is 1.56. The highest BCUT2D eigenvalue weighted by molar-refractivity contribution is 7.92. The fraction of sp³-hybridized carbons (Fsp3) is 0.417. The third-order valence-electron chi connectivity index (χ3n) is 2.79. The van der Waals surface area contributed by atoms with Crippen LogP contribution in [0.4, 0.5) is 5.69 Å². The van der Waals surface area contributed by atoms with Gasteiger partial charge >= 0.3 is 0 Å². The summed E-state index contributed by atoms with van der Waals surface area (Å²) >= 11 is 0. The molecule has 1 aromatic carbocycles. The number of rotatable bonds is 3. The van der Waals surface area contributed by atoms with Crippen LogP contribution >= 0.6 is 0 Å². The molecule has 94 valence electrons. The Labute approximate surface area is 102 Å². The second kappa shape index (κ2) is 4.87. The molecule has 0 aromatic heterocycles. The number of hydrogen-bond acceptors (Lipinski definition) is 3. The Bertz CT molecular complexity index is 535. The molecule has 0 bridgehead atoms. The van der Waals surface area contributed by atoms with Crippen molar-refractivity contribution in [1.29, 1.82) is 0 Å².